The summed E-state index contributed by atoms with van der Waals surface area (Å²) in [6.07, 6.45) is 1.40. The third-order valence-corrected chi connectivity index (χ3v) is 6.87. The third kappa shape index (κ3) is 5.36. The van der Waals surface area contributed by atoms with Gasteiger partial charge in [0.1, 0.15) is 0 Å². The van der Waals surface area contributed by atoms with Crippen molar-refractivity contribution in [3.05, 3.63) is 52.2 Å². The van der Waals surface area contributed by atoms with Crippen LogP contribution in [0.25, 0.3) is 10.6 Å². The average Bonchev–Trinajstić information content (AvgIpc) is 3.40. The molecule has 0 bridgehead atoms. The molecule has 4 rings (SSSR count). The lowest BCUT2D eigenvalue weighted by atomic mass is 9.89. The Balaban J connectivity index is 1.29. The average molecular weight is 455 g/mol. The molecule has 7 nitrogen and oxygen atoms in total. The molecule has 0 aliphatic carbocycles. The summed E-state index contributed by atoms with van der Waals surface area (Å²) < 4.78 is 0. The van der Waals surface area contributed by atoms with Crippen LogP contribution < -0.4 is 16.0 Å². The van der Waals surface area contributed by atoms with Gasteiger partial charge in [-0.1, -0.05) is 18.2 Å². The Kier molecular flexibility index (Phi) is 6.43. The van der Waals surface area contributed by atoms with Crippen LogP contribution in [0.1, 0.15) is 30.2 Å². The minimum atomic E-state index is -0.208. The van der Waals surface area contributed by atoms with Crippen LogP contribution in [0.4, 0.5) is 10.8 Å². The van der Waals surface area contributed by atoms with Crippen LogP contribution >= 0.6 is 22.7 Å². The number of aromatic nitrogens is 1. The maximum absolute atomic E-state index is 12.4. The summed E-state index contributed by atoms with van der Waals surface area (Å²) in [6.45, 7) is 1.98. The van der Waals surface area contributed by atoms with Crippen molar-refractivity contribution in [2.45, 2.75) is 32.7 Å². The molecular formula is C22H22N4O3S2. The number of para-hydroxylation sites is 1. The Hall–Kier alpha value is -3.04. The van der Waals surface area contributed by atoms with Gasteiger partial charge in [-0.15, -0.1) is 22.7 Å². The molecule has 3 aromatic rings. The van der Waals surface area contributed by atoms with Gasteiger partial charge in [-0.3, -0.25) is 14.4 Å². The molecule has 0 fully saturated rings. The Morgan fingerprint density at radius 1 is 1.23 bits per heavy atom. The fourth-order valence-corrected chi connectivity index (χ4v) is 5.11. The molecule has 3 N–H and O–H groups in total. The molecule has 9 heteroatoms. The van der Waals surface area contributed by atoms with Crippen molar-refractivity contribution in [3.8, 4) is 10.6 Å². The van der Waals surface area contributed by atoms with Gasteiger partial charge in [0.05, 0.1) is 17.1 Å². The van der Waals surface area contributed by atoms with Gasteiger partial charge in [0, 0.05) is 35.2 Å². The van der Waals surface area contributed by atoms with E-state index < -0.39 is 0 Å². The number of nitrogens with one attached hydrogen (secondary N) is 3. The molecule has 1 aliphatic rings. The Labute approximate surface area is 187 Å². The minimum absolute atomic E-state index is 0.0317. The SMILES string of the molecule is CC(=O)NCc1ccc(-c2csc(NC(=O)CCC3Cc4ccccc4NC3=O)n2)s1. The number of fused-ring (bicyclic) bond motifs is 1. The molecule has 1 aromatic carbocycles. The van der Waals surface area contributed by atoms with Crippen LogP contribution in [0, 0.1) is 5.92 Å². The maximum atomic E-state index is 12.4. The lowest BCUT2D eigenvalue weighted by molar-refractivity contribution is -0.121. The second kappa shape index (κ2) is 9.40. The number of carbonyl (C=O) groups is 3. The van der Waals surface area contributed by atoms with E-state index in [4.69, 9.17) is 0 Å². The molecule has 1 unspecified atom stereocenters. The molecule has 3 amide bonds. The molecule has 160 valence electrons. The molecule has 0 saturated heterocycles. The summed E-state index contributed by atoms with van der Waals surface area (Å²) in [4.78, 5) is 42.3. The third-order valence-electron chi connectivity index (χ3n) is 5.01. The fourth-order valence-electron chi connectivity index (χ4n) is 3.40. The Morgan fingerprint density at radius 3 is 2.90 bits per heavy atom. The first kappa shape index (κ1) is 21.2. The van der Waals surface area contributed by atoms with Crippen molar-refractivity contribution in [3.63, 3.8) is 0 Å². The topological polar surface area (TPSA) is 100 Å². The number of benzene rings is 1. The van der Waals surface area contributed by atoms with Crippen molar-refractivity contribution in [2.24, 2.45) is 5.92 Å². The maximum Gasteiger partial charge on any atom is 0.227 e. The lowest BCUT2D eigenvalue weighted by Gasteiger charge is -2.24. The first-order valence-electron chi connectivity index (χ1n) is 9.95. The Bertz CT molecular complexity index is 1120. The summed E-state index contributed by atoms with van der Waals surface area (Å²) in [5.41, 5.74) is 2.76. The molecule has 0 radical (unpaired) electrons. The summed E-state index contributed by atoms with van der Waals surface area (Å²) in [6, 6.07) is 11.7. The number of thiophene rings is 1. The second-order valence-corrected chi connectivity index (χ2v) is 9.37. The number of carbonyl (C=O) groups excluding carboxylic acids is 3. The normalized spacial score (nSPS) is 15.1. The van der Waals surface area contributed by atoms with E-state index >= 15 is 0 Å². The van der Waals surface area contributed by atoms with Crippen LogP contribution in [-0.4, -0.2) is 22.7 Å². The zero-order valence-electron chi connectivity index (χ0n) is 16.9. The van der Waals surface area contributed by atoms with Gasteiger partial charge in [0.2, 0.25) is 17.7 Å². The second-order valence-electron chi connectivity index (χ2n) is 7.35. The predicted octanol–water partition coefficient (Wildman–Crippen LogP) is 4.04. The number of anilines is 2. The van der Waals surface area contributed by atoms with Gasteiger partial charge in [-0.25, -0.2) is 4.98 Å². The summed E-state index contributed by atoms with van der Waals surface area (Å²) in [7, 11) is 0. The first-order chi connectivity index (χ1) is 15.0. The highest BCUT2D eigenvalue weighted by atomic mass is 32.1. The first-order valence-corrected chi connectivity index (χ1v) is 11.6. The Morgan fingerprint density at radius 2 is 2.06 bits per heavy atom. The standard InChI is InChI=1S/C22H22N4O3S2/c1-13(27)23-11-16-7-8-19(31-16)18-12-30-22(25-18)26-20(28)9-6-15-10-14-4-2-3-5-17(14)24-21(15)29/h2-5,7-8,12,15H,6,9-11H2,1H3,(H,23,27)(H,24,29)(H,25,26,28). The number of amides is 3. The van der Waals surface area contributed by atoms with E-state index in [0.29, 0.717) is 24.5 Å². The van der Waals surface area contributed by atoms with E-state index in [0.717, 1.165) is 26.7 Å². The lowest BCUT2D eigenvalue weighted by Crippen LogP contribution is -2.30. The number of thiazole rings is 1. The molecule has 3 heterocycles. The number of rotatable bonds is 7. The molecule has 0 saturated carbocycles. The molecule has 0 spiro atoms. The number of nitrogens with zero attached hydrogens (tertiary/aromatic N) is 1. The smallest absolute Gasteiger partial charge is 0.227 e. The molecular weight excluding hydrogens is 432 g/mol. The van der Waals surface area contributed by atoms with Gasteiger partial charge < -0.3 is 16.0 Å². The van der Waals surface area contributed by atoms with E-state index in [1.165, 1.54) is 18.3 Å². The largest absolute Gasteiger partial charge is 0.351 e. The molecule has 1 atom stereocenters. The summed E-state index contributed by atoms with van der Waals surface area (Å²) in [5.74, 6) is -0.454. The van der Waals surface area contributed by atoms with Gasteiger partial charge in [-0.05, 0) is 36.6 Å². The van der Waals surface area contributed by atoms with Crippen molar-refractivity contribution < 1.29 is 14.4 Å². The minimum Gasteiger partial charge on any atom is -0.351 e. The summed E-state index contributed by atoms with van der Waals surface area (Å²) in [5, 5.41) is 11.0. The molecule has 31 heavy (non-hydrogen) atoms. The van der Waals surface area contributed by atoms with Crippen molar-refractivity contribution in [1.82, 2.24) is 10.3 Å². The quantitative estimate of drug-likeness (QED) is 0.502. The van der Waals surface area contributed by atoms with E-state index in [1.807, 2.05) is 41.8 Å². The highest BCUT2D eigenvalue weighted by Gasteiger charge is 2.26. The van der Waals surface area contributed by atoms with E-state index in [2.05, 4.69) is 20.9 Å². The summed E-state index contributed by atoms with van der Waals surface area (Å²) >= 11 is 2.92. The predicted molar refractivity (Wildman–Crippen MR) is 123 cm³/mol. The van der Waals surface area contributed by atoms with Gasteiger partial charge >= 0.3 is 0 Å². The zero-order valence-corrected chi connectivity index (χ0v) is 18.6. The van der Waals surface area contributed by atoms with Crippen LogP contribution in [0.15, 0.2) is 41.8 Å². The molecule has 2 aromatic heterocycles. The van der Waals surface area contributed by atoms with Gasteiger partial charge in [0.25, 0.3) is 0 Å². The zero-order chi connectivity index (χ0) is 21.8. The van der Waals surface area contributed by atoms with Crippen LogP contribution in [0.3, 0.4) is 0 Å². The van der Waals surface area contributed by atoms with Crippen molar-refractivity contribution in [2.75, 3.05) is 10.6 Å². The van der Waals surface area contributed by atoms with Crippen LogP contribution in [0.2, 0.25) is 0 Å². The van der Waals surface area contributed by atoms with Gasteiger partial charge in [-0.2, -0.15) is 0 Å². The van der Waals surface area contributed by atoms with E-state index in [-0.39, 0.29) is 30.1 Å². The highest BCUT2D eigenvalue weighted by molar-refractivity contribution is 7.17. The van der Waals surface area contributed by atoms with Crippen LogP contribution in [0.5, 0.6) is 0 Å². The highest BCUT2D eigenvalue weighted by Crippen LogP contribution is 2.31. The fraction of sp³-hybridized carbons (Fsp3) is 0.273. The van der Waals surface area contributed by atoms with Crippen molar-refractivity contribution >= 4 is 51.2 Å². The van der Waals surface area contributed by atoms with E-state index in [1.54, 1.807) is 11.3 Å². The molecule has 1 aliphatic heterocycles. The monoisotopic (exact) mass is 454 g/mol. The van der Waals surface area contributed by atoms with Crippen molar-refractivity contribution in [1.29, 1.82) is 0 Å². The van der Waals surface area contributed by atoms with E-state index in [9.17, 15) is 14.4 Å². The number of hydrogen-bond donors (Lipinski definition) is 3. The van der Waals surface area contributed by atoms with Gasteiger partial charge in [0.15, 0.2) is 5.13 Å². The van der Waals surface area contributed by atoms with Crippen LogP contribution in [-0.2, 0) is 27.3 Å². The number of hydrogen-bond acceptors (Lipinski definition) is 6.